The van der Waals surface area contributed by atoms with E-state index in [4.69, 9.17) is 14.2 Å². The Balaban J connectivity index is 4.28. The molecule has 0 rings (SSSR count). The van der Waals surface area contributed by atoms with Crippen molar-refractivity contribution in [2.24, 2.45) is 0 Å². The molecule has 0 N–H and O–H groups in total. The van der Waals surface area contributed by atoms with Gasteiger partial charge in [0, 0.05) is 19.4 Å². The lowest BCUT2D eigenvalue weighted by Gasteiger charge is -2.18. The van der Waals surface area contributed by atoms with Crippen LogP contribution in [0, 0.1) is 0 Å². The second-order valence-corrected chi connectivity index (χ2v) is 19.9. The molecule has 0 amide bonds. The van der Waals surface area contributed by atoms with Gasteiger partial charge in [-0.3, -0.25) is 9.59 Å². The van der Waals surface area contributed by atoms with Gasteiger partial charge in [0.2, 0.25) is 0 Å². The average Bonchev–Trinajstić information content (AvgIpc) is 3.34. The third kappa shape index (κ3) is 56.2. The van der Waals surface area contributed by atoms with E-state index < -0.39 is 6.10 Å². The van der Waals surface area contributed by atoms with E-state index >= 15 is 0 Å². The lowest BCUT2D eigenvalue weighted by Crippen LogP contribution is -2.30. The van der Waals surface area contributed by atoms with Gasteiger partial charge in [-0.2, -0.15) is 0 Å². The van der Waals surface area contributed by atoms with E-state index in [9.17, 15) is 9.59 Å². The molecular formula is C63H114O5. The Bertz CT molecular complexity index is 1170. The fourth-order valence-corrected chi connectivity index (χ4v) is 8.55. The van der Waals surface area contributed by atoms with Crippen LogP contribution >= 0.6 is 0 Å². The first kappa shape index (κ1) is 65.6. The summed E-state index contributed by atoms with van der Waals surface area (Å²) in [6.07, 6.45) is 75.3. The summed E-state index contributed by atoms with van der Waals surface area (Å²) in [5.41, 5.74) is 0. The van der Waals surface area contributed by atoms with Gasteiger partial charge in [-0.05, 0) is 89.9 Å². The summed E-state index contributed by atoms with van der Waals surface area (Å²) in [6, 6.07) is 0. The molecule has 396 valence electrons. The standard InChI is InChI=1S/C63H114O5/c1-4-7-10-13-16-19-22-25-28-30-32-33-36-38-41-44-47-50-53-56-62(64)67-60-61(68-63(65)57-54-51-48-45-42-39-35-27-24-21-18-15-12-9-6-3)59-66-58-55-52-49-46-43-40-37-34-31-29-26-23-20-17-14-11-8-5-2/h16,18-19,21,25,27-28,32-33,35,61H,4-15,17,20,22-24,26,29-31,34,36-60H2,1-3H3/b19-16-,21-18-,28-25-,33-32-,35-27-. The van der Waals surface area contributed by atoms with E-state index in [1.165, 1.54) is 186 Å². The monoisotopic (exact) mass is 951 g/mol. The molecule has 0 spiro atoms. The van der Waals surface area contributed by atoms with Crippen molar-refractivity contribution in [1.82, 2.24) is 0 Å². The number of rotatable bonds is 55. The van der Waals surface area contributed by atoms with Gasteiger partial charge in [-0.15, -0.1) is 0 Å². The average molecular weight is 952 g/mol. The number of unbranched alkanes of at least 4 members (excludes halogenated alkanes) is 34. The topological polar surface area (TPSA) is 61.8 Å². The third-order valence-corrected chi connectivity index (χ3v) is 13.0. The van der Waals surface area contributed by atoms with Gasteiger partial charge < -0.3 is 14.2 Å². The fraction of sp³-hybridized carbons (Fsp3) is 0.810. The summed E-state index contributed by atoms with van der Waals surface area (Å²) >= 11 is 0. The molecule has 0 saturated carbocycles. The van der Waals surface area contributed by atoms with Crippen molar-refractivity contribution >= 4 is 11.9 Å². The molecule has 0 fully saturated rings. The molecule has 5 nitrogen and oxygen atoms in total. The molecule has 0 saturated heterocycles. The van der Waals surface area contributed by atoms with Crippen molar-refractivity contribution in [3.8, 4) is 0 Å². The zero-order chi connectivity index (χ0) is 49.2. The third-order valence-electron chi connectivity index (χ3n) is 13.0. The minimum Gasteiger partial charge on any atom is -0.462 e. The van der Waals surface area contributed by atoms with Gasteiger partial charge in [0.25, 0.3) is 0 Å². The van der Waals surface area contributed by atoms with E-state index in [-0.39, 0.29) is 25.2 Å². The molecule has 68 heavy (non-hydrogen) atoms. The number of hydrogen-bond acceptors (Lipinski definition) is 5. The largest absolute Gasteiger partial charge is 0.462 e. The van der Waals surface area contributed by atoms with Crippen LogP contribution in [0.5, 0.6) is 0 Å². The zero-order valence-electron chi connectivity index (χ0n) is 45.6. The summed E-state index contributed by atoms with van der Waals surface area (Å²) in [4.78, 5) is 25.5. The number of hydrogen-bond donors (Lipinski definition) is 0. The quantitative estimate of drug-likeness (QED) is 0.0345. The second-order valence-electron chi connectivity index (χ2n) is 19.9. The molecule has 0 radical (unpaired) electrons. The van der Waals surface area contributed by atoms with Crippen LogP contribution in [-0.4, -0.2) is 37.9 Å². The molecule has 0 aliphatic carbocycles. The lowest BCUT2D eigenvalue weighted by molar-refractivity contribution is -0.163. The SMILES string of the molecule is CCCCC/C=C\C/C=C\C/C=C\CCCCCCCCC(=O)OCC(COCCCCCCCCCCCCCCCCCCCC)OC(=O)CCCCCCC/C=C\C/C=C\CCCCC. The minimum atomic E-state index is -0.549. The number of carbonyl (C=O) groups excluding carboxylic acids is 2. The summed E-state index contributed by atoms with van der Waals surface area (Å²) in [5, 5.41) is 0. The Morgan fingerprint density at radius 3 is 1.01 bits per heavy atom. The summed E-state index contributed by atoms with van der Waals surface area (Å²) in [5.74, 6) is -0.414. The van der Waals surface area contributed by atoms with E-state index in [1.54, 1.807) is 0 Å². The molecular weight excluding hydrogens is 837 g/mol. The number of esters is 2. The normalized spacial score (nSPS) is 12.6. The Hall–Kier alpha value is -2.40. The first-order chi connectivity index (χ1) is 33.6. The van der Waals surface area contributed by atoms with Crippen molar-refractivity contribution in [3.63, 3.8) is 0 Å². The highest BCUT2D eigenvalue weighted by Gasteiger charge is 2.17. The number of allylic oxidation sites excluding steroid dienone is 10. The van der Waals surface area contributed by atoms with Crippen LogP contribution in [0.15, 0.2) is 60.8 Å². The predicted octanol–water partition coefficient (Wildman–Crippen LogP) is 20.5. The van der Waals surface area contributed by atoms with Crippen LogP contribution in [0.2, 0.25) is 0 Å². The van der Waals surface area contributed by atoms with Gasteiger partial charge in [0.15, 0.2) is 6.10 Å². The molecule has 0 aliphatic rings. The number of carbonyl (C=O) groups is 2. The Morgan fingerprint density at radius 2 is 0.618 bits per heavy atom. The highest BCUT2D eigenvalue weighted by Crippen LogP contribution is 2.16. The van der Waals surface area contributed by atoms with Crippen molar-refractivity contribution in [1.29, 1.82) is 0 Å². The van der Waals surface area contributed by atoms with Crippen LogP contribution in [-0.2, 0) is 23.8 Å². The molecule has 0 aromatic carbocycles. The molecule has 0 heterocycles. The van der Waals surface area contributed by atoms with Crippen LogP contribution < -0.4 is 0 Å². The Morgan fingerprint density at radius 1 is 0.324 bits per heavy atom. The second kappa shape index (κ2) is 58.9. The molecule has 0 aliphatic heterocycles. The van der Waals surface area contributed by atoms with Crippen LogP contribution in [0.4, 0.5) is 0 Å². The predicted molar refractivity (Wildman–Crippen MR) is 298 cm³/mol. The smallest absolute Gasteiger partial charge is 0.306 e. The molecule has 5 heteroatoms. The van der Waals surface area contributed by atoms with Crippen LogP contribution in [0.25, 0.3) is 0 Å². The minimum absolute atomic E-state index is 0.0747. The highest BCUT2D eigenvalue weighted by molar-refractivity contribution is 5.70. The first-order valence-electron chi connectivity index (χ1n) is 29.8. The van der Waals surface area contributed by atoms with Crippen LogP contribution in [0.3, 0.4) is 0 Å². The van der Waals surface area contributed by atoms with Crippen LogP contribution in [0.1, 0.15) is 303 Å². The van der Waals surface area contributed by atoms with Gasteiger partial charge >= 0.3 is 11.9 Å². The van der Waals surface area contributed by atoms with E-state index in [2.05, 4.69) is 81.5 Å². The summed E-state index contributed by atoms with van der Waals surface area (Å²) < 4.78 is 17.5. The molecule has 1 atom stereocenters. The molecule has 0 aromatic rings. The molecule has 1 unspecified atom stereocenters. The fourth-order valence-electron chi connectivity index (χ4n) is 8.55. The zero-order valence-corrected chi connectivity index (χ0v) is 45.6. The van der Waals surface area contributed by atoms with Crippen molar-refractivity contribution < 1.29 is 23.8 Å². The lowest BCUT2D eigenvalue weighted by atomic mass is 10.0. The maximum Gasteiger partial charge on any atom is 0.306 e. The van der Waals surface area contributed by atoms with Crippen molar-refractivity contribution in [3.05, 3.63) is 60.8 Å². The van der Waals surface area contributed by atoms with Gasteiger partial charge in [0.05, 0.1) is 6.61 Å². The van der Waals surface area contributed by atoms with E-state index in [0.29, 0.717) is 19.4 Å². The summed E-state index contributed by atoms with van der Waals surface area (Å²) in [6.45, 7) is 7.80. The molecule has 0 bridgehead atoms. The summed E-state index contributed by atoms with van der Waals surface area (Å²) in [7, 11) is 0. The maximum atomic E-state index is 12.9. The number of ether oxygens (including phenoxy) is 3. The van der Waals surface area contributed by atoms with E-state index in [0.717, 1.165) is 83.5 Å². The van der Waals surface area contributed by atoms with E-state index in [1.807, 2.05) is 0 Å². The Labute approximate surface area is 424 Å². The van der Waals surface area contributed by atoms with Crippen molar-refractivity contribution in [2.45, 2.75) is 309 Å². The first-order valence-corrected chi connectivity index (χ1v) is 29.8. The van der Waals surface area contributed by atoms with Gasteiger partial charge in [-0.25, -0.2) is 0 Å². The van der Waals surface area contributed by atoms with Crippen molar-refractivity contribution in [2.75, 3.05) is 19.8 Å². The Kier molecular flexibility index (Phi) is 56.8. The highest BCUT2D eigenvalue weighted by atomic mass is 16.6. The van der Waals surface area contributed by atoms with Gasteiger partial charge in [0.1, 0.15) is 6.61 Å². The van der Waals surface area contributed by atoms with Gasteiger partial charge in [-0.1, -0.05) is 261 Å². The maximum absolute atomic E-state index is 12.9. The molecule has 0 aromatic heterocycles.